The van der Waals surface area contributed by atoms with Gasteiger partial charge in [-0.05, 0) is 48.6 Å². The van der Waals surface area contributed by atoms with Gasteiger partial charge in [0.2, 0.25) is 0 Å². The van der Waals surface area contributed by atoms with Crippen LogP contribution in [0.5, 0.6) is 5.75 Å². The van der Waals surface area contributed by atoms with Crippen LogP contribution in [0.1, 0.15) is 33.5 Å². The summed E-state index contributed by atoms with van der Waals surface area (Å²) < 4.78 is 7.29. The van der Waals surface area contributed by atoms with Crippen molar-refractivity contribution in [1.29, 1.82) is 0 Å². The van der Waals surface area contributed by atoms with Gasteiger partial charge in [-0.25, -0.2) is 0 Å². The highest BCUT2D eigenvalue weighted by Gasteiger charge is 2.28. The van der Waals surface area contributed by atoms with Crippen molar-refractivity contribution in [2.24, 2.45) is 0 Å². The molecular formula is C22H22ClN3O2. The average molecular weight is 396 g/mol. The van der Waals surface area contributed by atoms with Crippen LogP contribution in [0, 0.1) is 6.92 Å². The monoisotopic (exact) mass is 395 g/mol. The fourth-order valence-electron chi connectivity index (χ4n) is 3.74. The number of rotatable bonds is 4. The van der Waals surface area contributed by atoms with Crippen molar-refractivity contribution < 1.29 is 9.53 Å². The summed E-state index contributed by atoms with van der Waals surface area (Å²) in [4.78, 5) is 15.1. The molecule has 0 unspecified atom stereocenters. The Bertz CT molecular complexity index is 1030. The molecule has 1 aliphatic rings. The van der Waals surface area contributed by atoms with Crippen molar-refractivity contribution >= 4 is 23.2 Å². The second-order valence-electron chi connectivity index (χ2n) is 6.99. The van der Waals surface area contributed by atoms with Gasteiger partial charge in [-0.3, -0.25) is 9.48 Å². The predicted molar refractivity (Wildman–Crippen MR) is 111 cm³/mol. The van der Waals surface area contributed by atoms with Crippen molar-refractivity contribution in [1.82, 2.24) is 9.78 Å². The number of hydrogen-bond acceptors (Lipinski definition) is 3. The summed E-state index contributed by atoms with van der Waals surface area (Å²) in [5, 5.41) is 5.05. The Balaban J connectivity index is 1.63. The Hall–Kier alpha value is -2.79. The van der Waals surface area contributed by atoms with E-state index < -0.39 is 0 Å². The van der Waals surface area contributed by atoms with Crippen molar-refractivity contribution in [3.8, 4) is 5.75 Å². The summed E-state index contributed by atoms with van der Waals surface area (Å²) >= 11 is 6.24. The minimum absolute atomic E-state index is 0.0599. The molecule has 1 aromatic heterocycles. The summed E-state index contributed by atoms with van der Waals surface area (Å²) in [5.41, 5.74) is 4.78. The number of methoxy groups -OCH3 is 1. The first-order chi connectivity index (χ1) is 13.6. The third kappa shape index (κ3) is 3.38. The zero-order valence-electron chi connectivity index (χ0n) is 16.0. The molecule has 28 heavy (non-hydrogen) atoms. The number of ether oxygens (including phenoxy) is 1. The molecule has 2 aromatic carbocycles. The molecule has 2 heterocycles. The van der Waals surface area contributed by atoms with Gasteiger partial charge in [0, 0.05) is 17.8 Å². The lowest BCUT2D eigenvalue weighted by Gasteiger charge is -2.31. The number of hydrogen-bond donors (Lipinski definition) is 0. The van der Waals surface area contributed by atoms with Crippen molar-refractivity contribution in [2.75, 3.05) is 18.6 Å². The zero-order valence-corrected chi connectivity index (χ0v) is 16.7. The lowest BCUT2D eigenvalue weighted by molar-refractivity contribution is 0.0984. The number of aryl methyl sites for hydroxylation is 1. The largest absolute Gasteiger partial charge is 0.495 e. The quantitative estimate of drug-likeness (QED) is 0.653. The van der Waals surface area contributed by atoms with Crippen molar-refractivity contribution in [3.63, 3.8) is 0 Å². The molecular weight excluding hydrogens is 374 g/mol. The molecule has 0 bridgehead atoms. The first-order valence-corrected chi connectivity index (χ1v) is 9.70. The maximum absolute atomic E-state index is 13.3. The van der Waals surface area contributed by atoms with E-state index in [1.165, 1.54) is 11.1 Å². The van der Waals surface area contributed by atoms with E-state index in [4.69, 9.17) is 16.3 Å². The summed E-state index contributed by atoms with van der Waals surface area (Å²) in [6.45, 7) is 3.27. The summed E-state index contributed by atoms with van der Waals surface area (Å²) in [5.74, 6) is 0.673. The molecule has 0 atom stereocenters. The number of amides is 1. The maximum atomic E-state index is 13.3. The fourth-order valence-corrected chi connectivity index (χ4v) is 3.93. The van der Waals surface area contributed by atoms with Gasteiger partial charge in [0.15, 0.2) is 0 Å². The van der Waals surface area contributed by atoms with E-state index in [9.17, 15) is 4.79 Å². The zero-order chi connectivity index (χ0) is 19.7. The number of carbonyl (C=O) groups is 1. The molecule has 5 nitrogen and oxygen atoms in total. The molecule has 0 saturated carbocycles. The molecule has 0 fully saturated rings. The van der Waals surface area contributed by atoms with Crippen LogP contribution in [-0.4, -0.2) is 29.3 Å². The molecule has 6 heteroatoms. The fraction of sp³-hybridized carbons (Fsp3) is 0.273. The first-order valence-electron chi connectivity index (χ1n) is 9.32. The Kier molecular flexibility index (Phi) is 5.09. The average Bonchev–Trinajstić information content (AvgIpc) is 3.18. The van der Waals surface area contributed by atoms with E-state index in [-0.39, 0.29) is 5.91 Å². The Morgan fingerprint density at radius 2 is 2.07 bits per heavy atom. The highest BCUT2D eigenvalue weighted by atomic mass is 35.5. The summed E-state index contributed by atoms with van der Waals surface area (Å²) in [7, 11) is 1.64. The number of carbonyl (C=O) groups excluding carboxylic acids is 1. The lowest BCUT2D eigenvalue weighted by Crippen LogP contribution is -2.36. The minimum Gasteiger partial charge on any atom is -0.495 e. The van der Waals surface area contributed by atoms with Crippen molar-refractivity contribution in [2.45, 2.75) is 26.3 Å². The molecule has 0 N–H and O–H groups in total. The van der Waals surface area contributed by atoms with Crippen LogP contribution in [-0.2, 0) is 13.0 Å². The molecule has 1 aliphatic heterocycles. The minimum atomic E-state index is -0.0599. The second kappa shape index (κ2) is 7.68. The number of halogens is 1. The van der Waals surface area contributed by atoms with E-state index >= 15 is 0 Å². The Labute approximate surface area is 169 Å². The third-order valence-corrected chi connectivity index (χ3v) is 5.56. The second-order valence-corrected chi connectivity index (χ2v) is 7.40. The topological polar surface area (TPSA) is 47.4 Å². The van der Waals surface area contributed by atoms with Crippen LogP contribution < -0.4 is 9.64 Å². The van der Waals surface area contributed by atoms with Crippen LogP contribution in [0.15, 0.2) is 48.8 Å². The standard InChI is InChI=1S/C22H22ClN3O2/c1-15-9-10-20(28-2)21-18(15)7-5-11-26(21)22(27)17-12-24-25(14-17)13-16-6-3-4-8-19(16)23/h3-4,6,8-10,12,14H,5,7,11,13H2,1-2H3. The van der Waals surface area contributed by atoms with Crippen LogP contribution in [0.25, 0.3) is 0 Å². The first kappa shape index (κ1) is 18.6. The Morgan fingerprint density at radius 3 is 2.86 bits per heavy atom. The molecule has 0 aliphatic carbocycles. The van der Waals surface area contributed by atoms with Gasteiger partial charge in [0.1, 0.15) is 5.75 Å². The summed E-state index contributed by atoms with van der Waals surface area (Å²) in [6, 6.07) is 11.6. The SMILES string of the molecule is COc1ccc(C)c2c1N(C(=O)c1cnn(Cc3ccccc3Cl)c1)CCC2. The number of nitrogens with zero attached hydrogens (tertiary/aromatic N) is 3. The van der Waals surface area contributed by atoms with Gasteiger partial charge in [0.25, 0.3) is 5.91 Å². The molecule has 3 aromatic rings. The highest BCUT2D eigenvalue weighted by Crippen LogP contribution is 2.38. The molecule has 0 spiro atoms. The summed E-state index contributed by atoms with van der Waals surface area (Å²) in [6.07, 6.45) is 5.28. The van der Waals surface area contributed by atoms with E-state index in [0.717, 1.165) is 29.8 Å². The van der Waals surface area contributed by atoms with Gasteiger partial charge < -0.3 is 9.64 Å². The molecule has 144 valence electrons. The Morgan fingerprint density at radius 1 is 1.25 bits per heavy atom. The lowest BCUT2D eigenvalue weighted by atomic mass is 9.96. The van der Waals surface area contributed by atoms with E-state index in [1.807, 2.05) is 41.3 Å². The van der Waals surface area contributed by atoms with Gasteiger partial charge in [-0.2, -0.15) is 5.10 Å². The number of fused-ring (bicyclic) bond motifs is 1. The number of anilines is 1. The van der Waals surface area contributed by atoms with Crippen molar-refractivity contribution in [3.05, 3.63) is 76.1 Å². The highest BCUT2D eigenvalue weighted by molar-refractivity contribution is 6.31. The normalized spacial score (nSPS) is 13.3. The van der Waals surface area contributed by atoms with Gasteiger partial charge in [-0.15, -0.1) is 0 Å². The van der Waals surface area contributed by atoms with Gasteiger partial charge >= 0.3 is 0 Å². The molecule has 0 saturated heterocycles. The van der Waals surface area contributed by atoms with Gasteiger partial charge in [-0.1, -0.05) is 35.9 Å². The molecule has 1 amide bonds. The van der Waals surface area contributed by atoms with Gasteiger partial charge in [0.05, 0.1) is 31.1 Å². The third-order valence-electron chi connectivity index (χ3n) is 5.19. The van der Waals surface area contributed by atoms with Crippen LogP contribution in [0.2, 0.25) is 5.02 Å². The van der Waals surface area contributed by atoms with E-state index in [2.05, 4.69) is 12.0 Å². The van der Waals surface area contributed by atoms with Crippen LogP contribution in [0.4, 0.5) is 5.69 Å². The predicted octanol–water partition coefficient (Wildman–Crippen LogP) is 4.49. The van der Waals surface area contributed by atoms with E-state index in [1.54, 1.807) is 24.2 Å². The van der Waals surface area contributed by atoms with Crippen LogP contribution in [0.3, 0.4) is 0 Å². The smallest absolute Gasteiger partial charge is 0.261 e. The molecule has 0 radical (unpaired) electrons. The number of aromatic nitrogens is 2. The van der Waals surface area contributed by atoms with E-state index in [0.29, 0.717) is 23.7 Å². The van der Waals surface area contributed by atoms with Crippen LogP contribution >= 0.6 is 11.6 Å². The maximum Gasteiger partial charge on any atom is 0.261 e. The number of benzene rings is 2. The molecule has 4 rings (SSSR count).